The Bertz CT molecular complexity index is 845. The number of aryl methyl sites for hydroxylation is 1. The molecule has 3 heterocycles. The summed E-state index contributed by atoms with van der Waals surface area (Å²) >= 11 is 1.47. The Balaban J connectivity index is 1.56. The molecule has 1 N–H and O–H groups in total. The van der Waals surface area contributed by atoms with Crippen LogP contribution in [0.15, 0.2) is 17.6 Å². The molecule has 142 valence electrons. The predicted molar refractivity (Wildman–Crippen MR) is 102 cm³/mol. The standard InChI is InChI=1S/C18H21N5O3S/c1-3-11-26-18(25)22-9-6-13(7-10-22)17-20-14(12-27-17)16(24)21-15-5-8-19-23(15)4-2/h1,5,8,12-13H,4,6-7,9-11H2,2H3,(H,21,24). The normalized spacial score (nSPS) is 14.6. The van der Waals surface area contributed by atoms with Crippen LogP contribution in [0.5, 0.6) is 0 Å². The Morgan fingerprint density at radius 2 is 2.22 bits per heavy atom. The van der Waals surface area contributed by atoms with Crippen molar-refractivity contribution < 1.29 is 14.3 Å². The minimum atomic E-state index is -0.377. The van der Waals surface area contributed by atoms with Gasteiger partial charge in [-0.05, 0) is 19.8 Å². The number of nitrogens with one attached hydrogen (secondary N) is 1. The zero-order valence-corrected chi connectivity index (χ0v) is 15.9. The molecule has 27 heavy (non-hydrogen) atoms. The van der Waals surface area contributed by atoms with Crippen molar-refractivity contribution in [3.63, 3.8) is 0 Å². The first-order valence-corrected chi connectivity index (χ1v) is 9.64. The smallest absolute Gasteiger partial charge is 0.410 e. The van der Waals surface area contributed by atoms with E-state index in [1.54, 1.807) is 27.2 Å². The molecule has 0 radical (unpaired) electrons. The van der Waals surface area contributed by atoms with E-state index in [0.29, 0.717) is 31.1 Å². The van der Waals surface area contributed by atoms with Crippen LogP contribution in [0.4, 0.5) is 10.6 Å². The number of ether oxygens (including phenoxy) is 1. The first kappa shape index (κ1) is 18.9. The van der Waals surface area contributed by atoms with Gasteiger partial charge < -0.3 is 15.0 Å². The lowest BCUT2D eigenvalue weighted by molar-refractivity contribution is 0.102. The van der Waals surface area contributed by atoms with Crippen molar-refractivity contribution in [3.05, 3.63) is 28.3 Å². The van der Waals surface area contributed by atoms with E-state index < -0.39 is 0 Å². The lowest BCUT2D eigenvalue weighted by Gasteiger charge is -2.30. The van der Waals surface area contributed by atoms with E-state index in [1.165, 1.54) is 11.3 Å². The first-order chi connectivity index (χ1) is 13.1. The maximum Gasteiger partial charge on any atom is 0.410 e. The Hall–Kier alpha value is -2.86. The van der Waals surface area contributed by atoms with Gasteiger partial charge in [-0.15, -0.1) is 17.8 Å². The van der Waals surface area contributed by atoms with Crippen LogP contribution in [-0.2, 0) is 11.3 Å². The molecule has 0 bridgehead atoms. The average molecular weight is 387 g/mol. The zero-order valence-electron chi connectivity index (χ0n) is 15.1. The van der Waals surface area contributed by atoms with Gasteiger partial charge in [0.2, 0.25) is 0 Å². The maximum atomic E-state index is 12.4. The monoisotopic (exact) mass is 387 g/mol. The molecule has 2 aromatic rings. The van der Waals surface area contributed by atoms with E-state index in [1.807, 2.05) is 6.92 Å². The van der Waals surface area contributed by atoms with Gasteiger partial charge >= 0.3 is 6.09 Å². The molecule has 0 aliphatic carbocycles. The van der Waals surface area contributed by atoms with Gasteiger partial charge in [-0.1, -0.05) is 5.92 Å². The van der Waals surface area contributed by atoms with E-state index >= 15 is 0 Å². The van der Waals surface area contributed by atoms with E-state index in [-0.39, 0.29) is 24.5 Å². The molecule has 0 spiro atoms. The summed E-state index contributed by atoms with van der Waals surface area (Å²) in [4.78, 5) is 30.4. The number of anilines is 1. The van der Waals surface area contributed by atoms with Crippen LogP contribution >= 0.6 is 11.3 Å². The summed E-state index contributed by atoms with van der Waals surface area (Å²) < 4.78 is 6.66. The number of likely N-dealkylation sites (tertiary alicyclic amines) is 1. The number of rotatable bonds is 5. The number of hydrogen-bond donors (Lipinski definition) is 1. The maximum absolute atomic E-state index is 12.4. The average Bonchev–Trinajstić information content (AvgIpc) is 3.35. The number of piperidine rings is 1. The predicted octanol–water partition coefficient (Wildman–Crippen LogP) is 2.56. The number of thiazole rings is 1. The van der Waals surface area contributed by atoms with Gasteiger partial charge in [0.25, 0.3) is 5.91 Å². The molecule has 0 saturated carbocycles. The summed E-state index contributed by atoms with van der Waals surface area (Å²) in [6.45, 7) is 3.79. The number of aromatic nitrogens is 3. The summed E-state index contributed by atoms with van der Waals surface area (Å²) in [5.74, 6) is 2.92. The minimum Gasteiger partial charge on any atom is -0.436 e. The molecule has 1 aliphatic rings. The topological polar surface area (TPSA) is 89.3 Å². The molecule has 8 nitrogen and oxygen atoms in total. The molecule has 0 aromatic carbocycles. The number of carbonyl (C=O) groups excluding carboxylic acids is 2. The van der Waals surface area contributed by atoms with Crippen molar-refractivity contribution in [2.75, 3.05) is 25.0 Å². The van der Waals surface area contributed by atoms with Gasteiger partial charge in [-0.25, -0.2) is 14.5 Å². The second kappa shape index (κ2) is 8.68. The number of hydrogen-bond acceptors (Lipinski definition) is 6. The highest BCUT2D eigenvalue weighted by Gasteiger charge is 2.27. The molecular formula is C18H21N5O3S. The van der Waals surface area contributed by atoms with Crippen molar-refractivity contribution >= 4 is 29.2 Å². The highest BCUT2D eigenvalue weighted by molar-refractivity contribution is 7.09. The highest BCUT2D eigenvalue weighted by Crippen LogP contribution is 2.30. The summed E-state index contributed by atoms with van der Waals surface area (Å²) in [7, 11) is 0. The zero-order chi connectivity index (χ0) is 19.2. The lowest BCUT2D eigenvalue weighted by atomic mass is 9.98. The van der Waals surface area contributed by atoms with Crippen LogP contribution in [-0.4, -0.2) is 51.4 Å². The molecule has 1 aliphatic heterocycles. The summed E-state index contributed by atoms with van der Waals surface area (Å²) in [5, 5.41) is 9.65. The molecule has 0 atom stereocenters. The fourth-order valence-corrected chi connectivity index (χ4v) is 3.93. The third kappa shape index (κ3) is 4.46. The third-order valence-corrected chi connectivity index (χ3v) is 5.40. The first-order valence-electron chi connectivity index (χ1n) is 8.76. The van der Waals surface area contributed by atoms with Gasteiger partial charge in [0.15, 0.2) is 6.61 Å². The van der Waals surface area contributed by atoms with Gasteiger partial charge in [-0.2, -0.15) is 5.10 Å². The minimum absolute atomic E-state index is 0.0132. The van der Waals surface area contributed by atoms with Crippen molar-refractivity contribution in [3.8, 4) is 12.3 Å². The highest BCUT2D eigenvalue weighted by atomic mass is 32.1. The molecular weight excluding hydrogens is 366 g/mol. The van der Waals surface area contributed by atoms with E-state index in [4.69, 9.17) is 11.2 Å². The lowest BCUT2D eigenvalue weighted by Crippen LogP contribution is -2.38. The Morgan fingerprint density at radius 1 is 1.44 bits per heavy atom. The number of carbonyl (C=O) groups is 2. The largest absolute Gasteiger partial charge is 0.436 e. The van der Waals surface area contributed by atoms with Gasteiger partial charge in [0.1, 0.15) is 11.5 Å². The van der Waals surface area contributed by atoms with Crippen molar-refractivity contribution in [2.45, 2.75) is 32.2 Å². The molecule has 2 aromatic heterocycles. The molecule has 1 saturated heterocycles. The second-order valence-electron chi connectivity index (χ2n) is 6.08. The molecule has 2 amide bonds. The number of terminal acetylenes is 1. The van der Waals surface area contributed by atoms with Gasteiger partial charge in [0, 0.05) is 37.0 Å². The van der Waals surface area contributed by atoms with Gasteiger partial charge in [-0.3, -0.25) is 4.79 Å². The van der Waals surface area contributed by atoms with Crippen LogP contribution < -0.4 is 5.32 Å². The second-order valence-corrected chi connectivity index (χ2v) is 6.97. The van der Waals surface area contributed by atoms with Crippen molar-refractivity contribution in [1.29, 1.82) is 0 Å². The SMILES string of the molecule is C#CCOC(=O)N1CCC(c2nc(C(=O)Nc3ccnn3CC)cs2)CC1. The summed E-state index contributed by atoms with van der Waals surface area (Å²) in [6.07, 6.45) is 7.93. The molecule has 3 rings (SSSR count). The fourth-order valence-electron chi connectivity index (χ4n) is 2.95. The van der Waals surface area contributed by atoms with E-state index in [9.17, 15) is 9.59 Å². The fraction of sp³-hybridized carbons (Fsp3) is 0.444. The van der Waals surface area contributed by atoms with Gasteiger partial charge in [0.05, 0.1) is 11.2 Å². The van der Waals surface area contributed by atoms with Crippen LogP contribution in [0, 0.1) is 12.3 Å². The Morgan fingerprint density at radius 3 is 2.93 bits per heavy atom. The number of amides is 2. The third-order valence-electron chi connectivity index (χ3n) is 4.39. The Labute approximate surface area is 161 Å². The van der Waals surface area contributed by atoms with Crippen molar-refractivity contribution in [2.24, 2.45) is 0 Å². The molecule has 9 heteroatoms. The van der Waals surface area contributed by atoms with E-state index in [0.717, 1.165) is 17.8 Å². The summed E-state index contributed by atoms with van der Waals surface area (Å²) in [5.41, 5.74) is 0.398. The molecule has 1 fully saturated rings. The summed E-state index contributed by atoms with van der Waals surface area (Å²) in [6, 6.07) is 1.75. The van der Waals surface area contributed by atoms with Crippen LogP contribution in [0.2, 0.25) is 0 Å². The number of nitrogens with zero attached hydrogens (tertiary/aromatic N) is 4. The van der Waals surface area contributed by atoms with Crippen LogP contribution in [0.25, 0.3) is 0 Å². The van der Waals surface area contributed by atoms with E-state index in [2.05, 4.69) is 21.3 Å². The van der Waals surface area contributed by atoms with Crippen LogP contribution in [0.1, 0.15) is 41.2 Å². The van der Waals surface area contributed by atoms with Crippen LogP contribution in [0.3, 0.4) is 0 Å². The Kier molecular flexibility index (Phi) is 6.08. The molecule has 0 unspecified atom stereocenters. The van der Waals surface area contributed by atoms with Crippen molar-refractivity contribution in [1.82, 2.24) is 19.7 Å². The quantitative estimate of drug-likeness (QED) is 0.797.